The number of carbonyl (C=O) groups excluding carboxylic acids is 1. The van der Waals surface area contributed by atoms with Gasteiger partial charge >= 0.3 is 5.97 Å². The monoisotopic (exact) mass is 213 g/mol. The number of rotatable bonds is 4. The molecule has 0 aliphatic carbocycles. The molecule has 1 rings (SSSR count). The fraction of sp³-hybridized carbons (Fsp3) is 0.917. The van der Waals surface area contributed by atoms with E-state index in [9.17, 15) is 4.79 Å². The van der Waals surface area contributed by atoms with E-state index >= 15 is 0 Å². The Morgan fingerprint density at radius 3 is 2.93 bits per heavy atom. The molecule has 2 atom stereocenters. The summed E-state index contributed by atoms with van der Waals surface area (Å²) in [6.45, 7) is 9.69. The molecule has 0 bridgehead atoms. The van der Waals surface area contributed by atoms with E-state index in [1.807, 2.05) is 13.8 Å². The Hall–Kier alpha value is -0.570. The number of carbonyl (C=O) groups is 1. The van der Waals surface area contributed by atoms with Gasteiger partial charge in [0.25, 0.3) is 0 Å². The fourth-order valence-corrected chi connectivity index (χ4v) is 2.20. The Morgan fingerprint density at radius 2 is 2.33 bits per heavy atom. The van der Waals surface area contributed by atoms with Gasteiger partial charge in [0.2, 0.25) is 0 Å². The molecule has 15 heavy (non-hydrogen) atoms. The third kappa shape index (κ3) is 4.20. The molecule has 0 amide bonds. The molecule has 1 heterocycles. The number of nitrogens with zero attached hydrogens (tertiary/aromatic N) is 1. The minimum Gasteiger partial charge on any atom is -0.466 e. The lowest BCUT2D eigenvalue weighted by Gasteiger charge is -2.32. The Kier molecular flexibility index (Phi) is 5.09. The van der Waals surface area contributed by atoms with Gasteiger partial charge in [-0.3, -0.25) is 4.79 Å². The van der Waals surface area contributed by atoms with Crippen molar-refractivity contribution in [2.24, 2.45) is 11.8 Å². The summed E-state index contributed by atoms with van der Waals surface area (Å²) in [5, 5.41) is 0. The first-order valence-electron chi connectivity index (χ1n) is 6.02. The maximum Gasteiger partial charge on any atom is 0.309 e. The SMILES string of the molecule is CCOC(=O)C(C)CN1CCCC(C)C1. The quantitative estimate of drug-likeness (QED) is 0.668. The van der Waals surface area contributed by atoms with Gasteiger partial charge in [0, 0.05) is 13.1 Å². The second-order valence-electron chi connectivity index (χ2n) is 4.66. The standard InChI is InChI=1S/C12H23NO2/c1-4-15-12(14)11(3)9-13-7-5-6-10(2)8-13/h10-11H,4-9H2,1-3H3. The molecule has 0 radical (unpaired) electrons. The molecule has 3 nitrogen and oxygen atoms in total. The summed E-state index contributed by atoms with van der Waals surface area (Å²) in [6, 6.07) is 0. The van der Waals surface area contributed by atoms with Crippen LogP contribution in [0.1, 0.15) is 33.6 Å². The van der Waals surface area contributed by atoms with Gasteiger partial charge in [0.15, 0.2) is 0 Å². The molecular formula is C12H23NO2. The number of piperidine rings is 1. The molecule has 1 aliphatic rings. The maximum atomic E-state index is 11.4. The normalized spacial score (nSPS) is 24.9. The average Bonchev–Trinajstić information content (AvgIpc) is 2.18. The van der Waals surface area contributed by atoms with Gasteiger partial charge < -0.3 is 9.64 Å². The van der Waals surface area contributed by atoms with Gasteiger partial charge in [-0.15, -0.1) is 0 Å². The first kappa shape index (κ1) is 12.5. The van der Waals surface area contributed by atoms with E-state index < -0.39 is 0 Å². The van der Waals surface area contributed by atoms with Crippen LogP contribution in [0.5, 0.6) is 0 Å². The zero-order chi connectivity index (χ0) is 11.3. The van der Waals surface area contributed by atoms with Crippen LogP contribution in [0.4, 0.5) is 0 Å². The molecule has 1 saturated heterocycles. The summed E-state index contributed by atoms with van der Waals surface area (Å²) in [5.74, 6) is 0.721. The Labute approximate surface area is 92.8 Å². The van der Waals surface area contributed by atoms with E-state index in [1.54, 1.807) is 0 Å². The van der Waals surface area contributed by atoms with Crippen LogP contribution in [-0.2, 0) is 9.53 Å². The van der Waals surface area contributed by atoms with Crippen molar-refractivity contribution in [2.75, 3.05) is 26.2 Å². The van der Waals surface area contributed by atoms with E-state index in [4.69, 9.17) is 4.74 Å². The van der Waals surface area contributed by atoms with Crippen LogP contribution < -0.4 is 0 Å². The predicted octanol–water partition coefficient (Wildman–Crippen LogP) is 1.92. The molecule has 0 spiro atoms. The Balaban J connectivity index is 2.30. The van der Waals surface area contributed by atoms with Crippen LogP contribution in [0.2, 0.25) is 0 Å². The second kappa shape index (κ2) is 6.11. The van der Waals surface area contributed by atoms with Crippen molar-refractivity contribution >= 4 is 5.97 Å². The average molecular weight is 213 g/mol. The highest BCUT2D eigenvalue weighted by Crippen LogP contribution is 2.16. The first-order valence-corrected chi connectivity index (χ1v) is 6.02. The molecule has 1 aliphatic heterocycles. The molecule has 0 aromatic heterocycles. The topological polar surface area (TPSA) is 29.5 Å². The molecule has 88 valence electrons. The molecule has 0 aromatic carbocycles. The second-order valence-corrected chi connectivity index (χ2v) is 4.66. The lowest BCUT2D eigenvalue weighted by Crippen LogP contribution is -2.39. The summed E-state index contributed by atoms with van der Waals surface area (Å²) < 4.78 is 5.01. The molecule has 0 saturated carbocycles. The van der Waals surface area contributed by atoms with Crippen molar-refractivity contribution in [2.45, 2.75) is 33.6 Å². The third-order valence-electron chi connectivity index (χ3n) is 2.96. The van der Waals surface area contributed by atoms with Crippen molar-refractivity contribution in [3.05, 3.63) is 0 Å². The molecule has 2 unspecified atom stereocenters. The van der Waals surface area contributed by atoms with Crippen LogP contribution in [0.3, 0.4) is 0 Å². The van der Waals surface area contributed by atoms with E-state index in [0.717, 1.165) is 25.6 Å². The van der Waals surface area contributed by atoms with E-state index in [0.29, 0.717) is 6.61 Å². The van der Waals surface area contributed by atoms with Gasteiger partial charge in [-0.1, -0.05) is 13.8 Å². The van der Waals surface area contributed by atoms with Crippen LogP contribution in [-0.4, -0.2) is 37.1 Å². The minimum absolute atomic E-state index is 0.00949. The third-order valence-corrected chi connectivity index (χ3v) is 2.96. The van der Waals surface area contributed by atoms with Gasteiger partial charge in [-0.25, -0.2) is 0 Å². The highest BCUT2D eigenvalue weighted by Gasteiger charge is 2.21. The zero-order valence-electron chi connectivity index (χ0n) is 10.2. The lowest BCUT2D eigenvalue weighted by molar-refractivity contribution is -0.148. The summed E-state index contributed by atoms with van der Waals surface area (Å²) in [6.07, 6.45) is 2.58. The summed E-state index contributed by atoms with van der Waals surface area (Å²) >= 11 is 0. The highest BCUT2D eigenvalue weighted by molar-refractivity contribution is 5.72. The van der Waals surface area contributed by atoms with Crippen LogP contribution in [0.15, 0.2) is 0 Å². The molecule has 0 aromatic rings. The van der Waals surface area contributed by atoms with Gasteiger partial charge in [-0.2, -0.15) is 0 Å². The number of esters is 1. The predicted molar refractivity (Wildman–Crippen MR) is 60.6 cm³/mol. The fourth-order valence-electron chi connectivity index (χ4n) is 2.20. The summed E-state index contributed by atoms with van der Waals surface area (Å²) in [5.41, 5.74) is 0. The summed E-state index contributed by atoms with van der Waals surface area (Å²) in [4.78, 5) is 13.8. The van der Waals surface area contributed by atoms with Crippen molar-refractivity contribution in [1.29, 1.82) is 0 Å². The van der Waals surface area contributed by atoms with E-state index in [1.165, 1.54) is 12.8 Å². The van der Waals surface area contributed by atoms with Crippen LogP contribution in [0.25, 0.3) is 0 Å². The van der Waals surface area contributed by atoms with E-state index in [2.05, 4.69) is 11.8 Å². The first-order chi connectivity index (χ1) is 7.13. The van der Waals surface area contributed by atoms with Crippen molar-refractivity contribution in [1.82, 2.24) is 4.90 Å². The van der Waals surface area contributed by atoms with Crippen molar-refractivity contribution in [3.8, 4) is 0 Å². The maximum absolute atomic E-state index is 11.4. The molecule has 0 N–H and O–H groups in total. The highest BCUT2D eigenvalue weighted by atomic mass is 16.5. The summed E-state index contributed by atoms with van der Waals surface area (Å²) in [7, 11) is 0. The molecular weight excluding hydrogens is 190 g/mol. The number of hydrogen-bond acceptors (Lipinski definition) is 3. The smallest absolute Gasteiger partial charge is 0.309 e. The van der Waals surface area contributed by atoms with E-state index in [-0.39, 0.29) is 11.9 Å². The lowest BCUT2D eigenvalue weighted by atomic mass is 9.99. The number of hydrogen-bond donors (Lipinski definition) is 0. The molecule has 1 fully saturated rings. The number of likely N-dealkylation sites (tertiary alicyclic amines) is 1. The van der Waals surface area contributed by atoms with Crippen molar-refractivity contribution < 1.29 is 9.53 Å². The van der Waals surface area contributed by atoms with Gasteiger partial charge in [0.1, 0.15) is 0 Å². The number of ether oxygens (including phenoxy) is 1. The van der Waals surface area contributed by atoms with Crippen molar-refractivity contribution in [3.63, 3.8) is 0 Å². The Morgan fingerprint density at radius 1 is 1.60 bits per heavy atom. The largest absolute Gasteiger partial charge is 0.466 e. The Bertz CT molecular complexity index is 206. The minimum atomic E-state index is -0.0595. The molecule has 3 heteroatoms. The van der Waals surface area contributed by atoms with Gasteiger partial charge in [-0.05, 0) is 32.2 Å². The van der Waals surface area contributed by atoms with Gasteiger partial charge in [0.05, 0.1) is 12.5 Å². The zero-order valence-corrected chi connectivity index (χ0v) is 10.2. The van der Waals surface area contributed by atoms with Crippen LogP contribution in [0, 0.1) is 11.8 Å². The van der Waals surface area contributed by atoms with Crippen LogP contribution >= 0.6 is 0 Å².